The van der Waals surface area contributed by atoms with Gasteiger partial charge >= 0.3 is 0 Å². The van der Waals surface area contributed by atoms with Crippen LogP contribution < -0.4 is 20.1 Å². The van der Waals surface area contributed by atoms with E-state index in [1.54, 1.807) is 24.1 Å². The molecule has 6 nitrogen and oxygen atoms in total. The number of halogens is 1. The summed E-state index contributed by atoms with van der Waals surface area (Å²) < 4.78 is 25.7. The van der Waals surface area contributed by atoms with Gasteiger partial charge in [0.15, 0.2) is 5.78 Å². The second-order valence-electron chi connectivity index (χ2n) is 11.6. The maximum atomic E-state index is 14.3. The molecule has 5 rings (SSSR count). The molecule has 3 aromatic carbocycles. The van der Waals surface area contributed by atoms with Crippen LogP contribution in [0.25, 0.3) is 0 Å². The van der Waals surface area contributed by atoms with E-state index >= 15 is 0 Å². The molecule has 1 aliphatic carbocycles. The number of Topliss-reactive ketones (excluding diaryl/α,β-unsaturated/α-hetero) is 1. The first-order valence-corrected chi connectivity index (χ1v) is 13.6. The number of anilines is 1. The molecule has 0 saturated heterocycles. The summed E-state index contributed by atoms with van der Waals surface area (Å²) >= 11 is 0. The van der Waals surface area contributed by atoms with E-state index < -0.39 is 11.7 Å². The molecular weight excluding hydrogens is 517 g/mol. The summed E-state index contributed by atoms with van der Waals surface area (Å²) in [6, 6.07) is 19.9. The Balaban J connectivity index is 1.63. The number of rotatable bonds is 6. The minimum Gasteiger partial charge on any atom is -0.497 e. The molecule has 0 bridgehead atoms. The van der Waals surface area contributed by atoms with E-state index in [0.29, 0.717) is 42.2 Å². The molecule has 1 unspecified atom stereocenters. The standard InChI is InChI=1S/C34H34FN3O3/c1-20-13-21(2)27(14-22(20)19-41-26-11-9-25(40-5)10-12-26)31-28(18-36)33(37)38(24-8-6-7-23(35)15-24)29-16-34(3,4)17-30(39)32(29)31/h6-15,31H,16-17,19,37H2,1-5H3. The Morgan fingerprint density at radius 1 is 1.05 bits per heavy atom. The molecular formula is C34H34FN3O3. The maximum Gasteiger partial charge on any atom is 0.162 e. The number of hydrogen-bond donors (Lipinski definition) is 1. The largest absolute Gasteiger partial charge is 0.497 e. The molecule has 1 atom stereocenters. The van der Waals surface area contributed by atoms with Gasteiger partial charge in [-0.15, -0.1) is 0 Å². The van der Waals surface area contributed by atoms with Crippen LogP contribution in [0.15, 0.2) is 83.3 Å². The van der Waals surface area contributed by atoms with Crippen LogP contribution >= 0.6 is 0 Å². The monoisotopic (exact) mass is 551 g/mol. The van der Waals surface area contributed by atoms with E-state index in [2.05, 4.69) is 12.1 Å². The number of aryl methyl sites for hydroxylation is 2. The molecule has 7 heteroatoms. The molecule has 1 heterocycles. The van der Waals surface area contributed by atoms with E-state index in [4.69, 9.17) is 15.2 Å². The fourth-order valence-corrected chi connectivity index (χ4v) is 5.95. The van der Waals surface area contributed by atoms with Crippen LogP contribution in [-0.2, 0) is 11.4 Å². The Kier molecular flexibility index (Phi) is 7.35. The highest BCUT2D eigenvalue weighted by atomic mass is 19.1. The van der Waals surface area contributed by atoms with Crippen molar-refractivity contribution in [2.45, 2.75) is 53.1 Å². The highest BCUT2D eigenvalue weighted by Gasteiger charge is 2.45. The normalized spacial score (nSPS) is 18.2. The molecule has 41 heavy (non-hydrogen) atoms. The summed E-state index contributed by atoms with van der Waals surface area (Å²) in [6.45, 7) is 8.39. The third-order valence-corrected chi connectivity index (χ3v) is 7.94. The van der Waals surface area contributed by atoms with Gasteiger partial charge in [-0.05, 0) is 90.4 Å². The lowest BCUT2D eigenvalue weighted by Gasteiger charge is -2.44. The third kappa shape index (κ3) is 5.30. The van der Waals surface area contributed by atoms with Crippen molar-refractivity contribution in [1.29, 1.82) is 5.26 Å². The van der Waals surface area contributed by atoms with Crippen LogP contribution in [0, 0.1) is 36.4 Å². The topological polar surface area (TPSA) is 88.6 Å². The zero-order valence-electron chi connectivity index (χ0n) is 24.0. The van der Waals surface area contributed by atoms with E-state index in [1.807, 2.05) is 58.0 Å². The molecule has 2 N–H and O–H groups in total. The first-order valence-electron chi connectivity index (χ1n) is 13.6. The number of carbonyl (C=O) groups is 1. The van der Waals surface area contributed by atoms with E-state index in [-0.39, 0.29) is 22.6 Å². The number of ether oxygens (including phenoxy) is 2. The number of methoxy groups -OCH3 is 1. The number of nitrogens with zero attached hydrogens (tertiary/aromatic N) is 2. The van der Waals surface area contributed by atoms with Crippen LogP contribution in [-0.4, -0.2) is 12.9 Å². The van der Waals surface area contributed by atoms with E-state index in [0.717, 1.165) is 28.0 Å². The summed E-state index contributed by atoms with van der Waals surface area (Å²) in [4.78, 5) is 15.6. The zero-order valence-corrected chi connectivity index (χ0v) is 24.0. The van der Waals surface area contributed by atoms with Gasteiger partial charge in [0.05, 0.1) is 30.4 Å². The quantitative estimate of drug-likeness (QED) is 0.356. The Morgan fingerprint density at radius 3 is 2.41 bits per heavy atom. The van der Waals surface area contributed by atoms with Gasteiger partial charge in [0.1, 0.15) is 29.7 Å². The molecule has 0 amide bonds. The number of hydrogen-bond acceptors (Lipinski definition) is 6. The number of benzene rings is 3. The number of nitrogens with two attached hydrogens (primary N) is 1. The zero-order chi connectivity index (χ0) is 29.5. The van der Waals surface area contributed by atoms with Gasteiger partial charge < -0.3 is 15.2 Å². The Bertz CT molecular complexity index is 1630. The lowest BCUT2D eigenvalue weighted by molar-refractivity contribution is -0.118. The van der Waals surface area contributed by atoms with E-state index in [9.17, 15) is 14.4 Å². The minimum absolute atomic E-state index is 0.0288. The highest BCUT2D eigenvalue weighted by Crippen LogP contribution is 2.51. The fourth-order valence-electron chi connectivity index (χ4n) is 5.95. The minimum atomic E-state index is -0.635. The van der Waals surface area contributed by atoms with Gasteiger partial charge in [-0.1, -0.05) is 32.0 Å². The van der Waals surface area contributed by atoms with Crippen LogP contribution in [0.2, 0.25) is 0 Å². The van der Waals surface area contributed by atoms with E-state index in [1.165, 1.54) is 12.1 Å². The van der Waals surface area contributed by atoms with Crippen LogP contribution in [0.3, 0.4) is 0 Å². The summed E-state index contributed by atoms with van der Waals surface area (Å²) in [5.74, 6) is 0.571. The first-order chi connectivity index (χ1) is 19.5. The van der Waals surface area contributed by atoms with Crippen LogP contribution in [0.4, 0.5) is 10.1 Å². The molecule has 0 radical (unpaired) electrons. The SMILES string of the molecule is COc1ccc(OCc2cc(C3C(C#N)=C(N)N(c4cccc(F)c4)C4=C3C(=O)CC(C)(C)C4)c(C)cc2C)cc1. The predicted octanol–water partition coefficient (Wildman–Crippen LogP) is 6.97. The van der Waals surface area contributed by atoms with Crippen molar-refractivity contribution in [3.05, 3.63) is 111 Å². The first kappa shape index (κ1) is 28.0. The van der Waals surface area contributed by atoms with Gasteiger partial charge in [0, 0.05) is 17.7 Å². The molecule has 0 saturated carbocycles. The molecule has 0 aromatic heterocycles. The molecule has 1 aliphatic heterocycles. The smallest absolute Gasteiger partial charge is 0.162 e. The summed E-state index contributed by atoms with van der Waals surface area (Å²) in [7, 11) is 1.62. The second kappa shape index (κ2) is 10.8. The van der Waals surface area contributed by atoms with Crippen LogP contribution in [0.5, 0.6) is 11.5 Å². The third-order valence-electron chi connectivity index (χ3n) is 7.94. The molecule has 3 aromatic rings. The molecule has 210 valence electrons. The Hall–Kier alpha value is -4.57. The van der Waals surface area contributed by atoms with Gasteiger partial charge in [0.2, 0.25) is 0 Å². The molecule has 0 spiro atoms. The van der Waals surface area contributed by atoms with Crippen molar-refractivity contribution in [1.82, 2.24) is 0 Å². The summed E-state index contributed by atoms with van der Waals surface area (Å²) in [6.07, 6.45) is 0.898. The van der Waals surface area contributed by atoms with Crippen molar-refractivity contribution in [2.24, 2.45) is 11.1 Å². The van der Waals surface area contributed by atoms with Gasteiger partial charge in [-0.3, -0.25) is 9.69 Å². The predicted molar refractivity (Wildman–Crippen MR) is 157 cm³/mol. The van der Waals surface area contributed by atoms with Gasteiger partial charge in [-0.25, -0.2) is 4.39 Å². The van der Waals surface area contributed by atoms with Gasteiger partial charge in [-0.2, -0.15) is 5.26 Å². The van der Waals surface area contributed by atoms with Gasteiger partial charge in [0.25, 0.3) is 0 Å². The van der Waals surface area contributed by atoms with Crippen molar-refractivity contribution in [3.8, 4) is 17.6 Å². The molecule has 0 fully saturated rings. The average Bonchev–Trinajstić information content (AvgIpc) is 2.92. The summed E-state index contributed by atoms with van der Waals surface area (Å²) in [5.41, 5.74) is 12.2. The van der Waals surface area contributed by atoms with Crippen molar-refractivity contribution >= 4 is 11.5 Å². The highest BCUT2D eigenvalue weighted by molar-refractivity contribution is 6.01. The van der Waals surface area contributed by atoms with Crippen molar-refractivity contribution in [3.63, 3.8) is 0 Å². The average molecular weight is 552 g/mol. The Labute approximate surface area is 240 Å². The lowest BCUT2D eigenvalue weighted by atomic mass is 9.68. The van der Waals surface area contributed by atoms with Crippen molar-refractivity contribution in [2.75, 3.05) is 12.0 Å². The maximum absolute atomic E-state index is 14.3. The number of ketones is 1. The fraction of sp³-hybridized carbons (Fsp3) is 0.294. The summed E-state index contributed by atoms with van der Waals surface area (Å²) in [5, 5.41) is 10.4. The molecule has 2 aliphatic rings. The number of carbonyl (C=O) groups excluding carboxylic acids is 1. The Morgan fingerprint density at radius 2 is 1.76 bits per heavy atom. The van der Waals surface area contributed by atoms with Crippen LogP contribution in [0.1, 0.15) is 54.9 Å². The number of nitriles is 1. The second-order valence-corrected chi connectivity index (χ2v) is 11.6. The van der Waals surface area contributed by atoms with Crippen molar-refractivity contribution < 1.29 is 18.7 Å². The lowest BCUT2D eigenvalue weighted by Crippen LogP contribution is -2.42. The number of allylic oxidation sites excluding steroid dienone is 3.